The maximum Gasteiger partial charge on any atom is 0.158 e. The quantitative estimate of drug-likeness (QED) is 0.0583. The van der Waals surface area contributed by atoms with E-state index in [4.69, 9.17) is 18.9 Å². The number of hydrogen-bond donors (Lipinski definition) is 0. The van der Waals surface area contributed by atoms with E-state index in [1.807, 2.05) is 23.5 Å². The third-order valence-corrected chi connectivity index (χ3v) is 15.2. The fourth-order valence-corrected chi connectivity index (χ4v) is 12.6. The van der Waals surface area contributed by atoms with Crippen molar-refractivity contribution in [3.05, 3.63) is 0 Å². The highest BCUT2D eigenvalue weighted by atomic mass is 32.2. The Morgan fingerprint density at radius 3 is 1.15 bits per heavy atom. The first kappa shape index (κ1) is 54.3. The van der Waals surface area contributed by atoms with Gasteiger partial charge in [0.2, 0.25) is 0 Å². The topological polar surface area (TPSA) is 139 Å². The van der Waals surface area contributed by atoms with Gasteiger partial charge in [0.05, 0.1) is 26.4 Å². The van der Waals surface area contributed by atoms with Gasteiger partial charge in [-0.3, -0.25) is 28.8 Å². The van der Waals surface area contributed by atoms with E-state index in [0.717, 1.165) is 53.4 Å². The van der Waals surface area contributed by atoms with Crippen molar-refractivity contribution in [2.45, 2.75) is 134 Å². The number of thioether (sulfide) groups is 4. The van der Waals surface area contributed by atoms with Gasteiger partial charge in [0.15, 0.2) is 23.1 Å². The molecule has 6 atom stereocenters. The average Bonchev–Trinajstić information content (AvgIpc) is 3.09. The van der Waals surface area contributed by atoms with Crippen molar-refractivity contribution in [2.75, 3.05) is 75.9 Å². The predicted molar refractivity (Wildman–Crippen MR) is 232 cm³/mol. The molecule has 0 amide bonds. The first-order valence-corrected chi connectivity index (χ1v) is 23.9. The van der Waals surface area contributed by atoms with Crippen molar-refractivity contribution in [2.24, 2.45) is 11.8 Å². The minimum atomic E-state index is -0.194. The van der Waals surface area contributed by atoms with E-state index < -0.39 is 0 Å². The predicted octanol–water partition coefficient (Wildman–Crippen LogP) is 7.78. The van der Waals surface area contributed by atoms with Gasteiger partial charge in [0.25, 0.3) is 0 Å². The fourth-order valence-electron chi connectivity index (χ4n) is 5.78. The molecule has 320 valence electrons. The molecule has 0 saturated heterocycles. The monoisotopic (exact) mass is 852 g/mol. The molecule has 2 fully saturated rings. The van der Waals surface area contributed by atoms with E-state index in [9.17, 15) is 28.8 Å². The lowest BCUT2D eigenvalue weighted by molar-refractivity contribution is -0.134. The van der Waals surface area contributed by atoms with E-state index in [1.54, 1.807) is 25.6 Å². The van der Waals surface area contributed by atoms with Gasteiger partial charge in [-0.15, -0.1) is 0 Å². The molecule has 55 heavy (non-hydrogen) atoms. The van der Waals surface area contributed by atoms with Gasteiger partial charge in [0, 0.05) is 45.7 Å². The first-order valence-electron chi connectivity index (χ1n) is 19.7. The number of ether oxygens (including phenoxy) is 4. The van der Waals surface area contributed by atoms with Gasteiger partial charge in [-0.05, 0) is 89.2 Å². The van der Waals surface area contributed by atoms with Crippen molar-refractivity contribution < 1.29 is 47.7 Å². The Bertz CT molecular complexity index is 1110. The normalized spacial score (nSPS) is 21.3. The summed E-state index contributed by atoms with van der Waals surface area (Å²) < 4.78 is 20.7. The zero-order valence-corrected chi connectivity index (χ0v) is 37.0. The molecule has 2 rings (SSSR count). The fraction of sp³-hybridized carbons (Fsp3) is 0.854. The average molecular weight is 853 g/mol. The third kappa shape index (κ3) is 25.4. The number of Topliss-reactive ketones (excluding diaryl/α,β-unsaturated/α-hetero) is 6. The van der Waals surface area contributed by atoms with Crippen LogP contribution in [0.15, 0.2) is 0 Å². The Balaban J connectivity index is 0.00000107. The number of rotatable bonds is 34. The summed E-state index contributed by atoms with van der Waals surface area (Å²) in [6.45, 7) is 12.2. The van der Waals surface area contributed by atoms with E-state index in [2.05, 4.69) is 25.6 Å². The standard InChI is InChI=1S/C22H36O6S2.C18H32O4S2.CH4/c1-5-6-11-29-21-19(16(3)24)20(17(4)25)22(21)30-12-7-8-18(26)14-28-10-9-27-13-15(2)23;1-3-4-11-23-17-7-8-18(17)24-12-5-6-16(20)14-22-10-9-21-13-15(2)19;/h19-22H,5-14H2,1-4H3;17-18H,3-14H2,1-2H3;1H4. The molecular weight excluding hydrogens is 781 g/mol. The second kappa shape index (κ2) is 34.2. The van der Waals surface area contributed by atoms with Crippen LogP contribution in [0.25, 0.3) is 0 Å². The van der Waals surface area contributed by atoms with Crippen LogP contribution in [-0.2, 0) is 47.7 Å². The van der Waals surface area contributed by atoms with Gasteiger partial charge in [0.1, 0.15) is 38.0 Å². The van der Waals surface area contributed by atoms with Crippen molar-refractivity contribution in [3.63, 3.8) is 0 Å². The molecule has 0 aromatic rings. The summed E-state index contributed by atoms with van der Waals surface area (Å²) in [6, 6.07) is 0. The van der Waals surface area contributed by atoms with E-state index in [-0.39, 0.29) is 90.9 Å². The maximum atomic E-state index is 12.1. The molecule has 10 nitrogen and oxygen atoms in total. The lowest BCUT2D eigenvalue weighted by Crippen LogP contribution is -2.58. The second-order valence-corrected chi connectivity index (χ2v) is 19.2. The largest absolute Gasteiger partial charge is 0.371 e. The van der Waals surface area contributed by atoms with Gasteiger partial charge >= 0.3 is 0 Å². The Hall–Kier alpha value is -0.740. The zero-order valence-electron chi connectivity index (χ0n) is 33.7. The molecule has 0 aliphatic heterocycles. The van der Waals surface area contributed by atoms with Gasteiger partial charge in [-0.2, -0.15) is 47.0 Å². The molecule has 2 aliphatic carbocycles. The highest BCUT2D eigenvalue weighted by Crippen LogP contribution is 2.50. The number of hydrogen-bond acceptors (Lipinski definition) is 14. The number of unbranched alkanes of at least 4 members (excludes halogenated alkanes) is 2. The van der Waals surface area contributed by atoms with Crippen LogP contribution >= 0.6 is 47.0 Å². The molecule has 0 aromatic carbocycles. The molecule has 14 heteroatoms. The Morgan fingerprint density at radius 1 is 0.491 bits per heavy atom. The molecule has 0 bridgehead atoms. The third-order valence-electron chi connectivity index (χ3n) is 8.87. The molecular formula is C41H72O10S4. The number of carbonyl (C=O) groups excluding carboxylic acids is 6. The van der Waals surface area contributed by atoms with E-state index in [1.165, 1.54) is 45.3 Å². The van der Waals surface area contributed by atoms with Crippen molar-refractivity contribution in [1.82, 2.24) is 0 Å². The molecule has 0 aromatic heterocycles. The van der Waals surface area contributed by atoms with Crippen LogP contribution in [0.3, 0.4) is 0 Å². The minimum Gasteiger partial charge on any atom is -0.371 e. The van der Waals surface area contributed by atoms with E-state index >= 15 is 0 Å². The first-order chi connectivity index (χ1) is 25.9. The molecule has 0 radical (unpaired) electrons. The Labute approximate surface area is 349 Å². The van der Waals surface area contributed by atoms with Crippen molar-refractivity contribution >= 4 is 81.7 Å². The summed E-state index contributed by atoms with van der Waals surface area (Å²) in [4.78, 5) is 69.3. The van der Waals surface area contributed by atoms with Crippen LogP contribution in [0.4, 0.5) is 0 Å². The van der Waals surface area contributed by atoms with Gasteiger partial charge < -0.3 is 18.9 Å². The van der Waals surface area contributed by atoms with Crippen LogP contribution in [0.1, 0.15) is 113 Å². The lowest BCUT2D eigenvalue weighted by Gasteiger charge is -2.49. The van der Waals surface area contributed by atoms with Crippen LogP contribution in [-0.4, -0.2) is 132 Å². The molecule has 0 N–H and O–H groups in total. The van der Waals surface area contributed by atoms with Crippen LogP contribution < -0.4 is 0 Å². The highest BCUT2D eigenvalue weighted by molar-refractivity contribution is 8.04. The Kier molecular flexibility index (Phi) is 33.7. The van der Waals surface area contributed by atoms with Crippen molar-refractivity contribution in [1.29, 1.82) is 0 Å². The van der Waals surface area contributed by atoms with Crippen molar-refractivity contribution in [3.8, 4) is 0 Å². The Morgan fingerprint density at radius 2 is 0.818 bits per heavy atom. The van der Waals surface area contributed by atoms with Gasteiger partial charge in [-0.1, -0.05) is 34.1 Å². The summed E-state index contributed by atoms with van der Waals surface area (Å²) in [7, 11) is 0. The smallest absolute Gasteiger partial charge is 0.158 e. The lowest BCUT2D eigenvalue weighted by atomic mass is 9.68. The van der Waals surface area contributed by atoms with Crippen LogP contribution in [0.5, 0.6) is 0 Å². The number of carbonyl (C=O) groups is 6. The van der Waals surface area contributed by atoms with Gasteiger partial charge in [-0.25, -0.2) is 0 Å². The molecule has 6 unspecified atom stereocenters. The summed E-state index contributed by atoms with van der Waals surface area (Å²) in [5, 5.41) is 2.00. The summed E-state index contributed by atoms with van der Waals surface area (Å²) in [6.07, 6.45) is 10.2. The molecule has 2 saturated carbocycles. The summed E-state index contributed by atoms with van der Waals surface area (Å²) >= 11 is 7.73. The summed E-state index contributed by atoms with van der Waals surface area (Å²) in [5.41, 5.74) is 0. The minimum absolute atomic E-state index is 0. The molecule has 2 aliphatic rings. The molecule has 0 spiro atoms. The highest BCUT2D eigenvalue weighted by Gasteiger charge is 2.54. The SMILES string of the molecule is C.CCCCSC1C(SCCCC(=O)COCCOCC(C)=O)C(C(C)=O)C1C(C)=O.CCCCSC1CCC1SCCCC(=O)COCCOCC(C)=O. The molecule has 0 heterocycles. The second-order valence-electron chi connectivity index (χ2n) is 13.9. The maximum absolute atomic E-state index is 12.1. The van der Waals surface area contributed by atoms with E-state index in [0.29, 0.717) is 39.3 Å². The summed E-state index contributed by atoms with van der Waals surface area (Å²) in [5.74, 6) is 4.17. The van der Waals surface area contributed by atoms with Crippen LogP contribution in [0.2, 0.25) is 0 Å². The van der Waals surface area contributed by atoms with Crippen LogP contribution in [0, 0.1) is 11.8 Å². The zero-order chi connectivity index (χ0) is 40.1. The number of ketones is 6.